The van der Waals surface area contributed by atoms with Crippen LogP contribution in [0.4, 0.5) is 5.69 Å². The Kier molecular flexibility index (Phi) is 4.32. The van der Waals surface area contributed by atoms with Crippen LogP contribution in [-0.2, 0) is 15.0 Å². The number of nitrogens with zero attached hydrogens (tertiary/aromatic N) is 1. The van der Waals surface area contributed by atoms with Crippen molar-refractivity contribution in [2.45, 2.75) is 44.6 Å². The van der Waals surface area contributed by atoms with Crippen LogP contribution in [0.5, 0.6) is 0 Å². The Bertz CT molecular complexity index is 539. The number of benzene rings is 1. The van der Waals surface area contributed by atoms with E-state index in [1.165, 1.54) is 4.90 Å². The third-order valence-electron chi connectivity index (χ3n) is 4.23. The molecule has 2 rings (SSSR count). The highest BCUT2D eigenvalue weighted by Crippen LogP contribution is 2.39. The number of imide groups is 1. The average Bonchev–Trinajstić information content (AvgIpc) is 2.45. The van der Waals surface area contributed by atoms with Crippen LogP contribution in [0.15, 0.2) is 24.3 Å². The van der Waals surface area contributed by atoms with E-state index >= 15 is 0 Å². The monoisotopic (exact) mass is 290 g/mol. The number of nitrogen functional groups attached to an aromatic ring is 1. The molecule has 0 aliphatic carbocycles. The largest absolute Gasteiger partial charge is 0.399 e. The van der Waals surface area contributed by atoms with Gasteiger partial charge in [0.15, 0.2) is 0 Å². The summed E-state index contributed by atoms with van der Waals surface area (Å²) in [6.07, 6.45) is 0.703. The molecule has 1 aliphatic rings. The predicted molar refractivity (Wildman–Crippen MR) is 80.5 cm³/mol. The highest BCUT2D eigenvalue weighted by Gasteiger charge is 2.47. The lowest BCUT2D eigenvalue weighted by molar-refractivity contribution is -0.155. The number of piperidine rings is 1. The lowest BCUT2D eigenvalue weighted by Gasteiger charge is -2.41. The number of nitrogens with two attached hydrogens (primary N) is 1. The van der Waals surface area contributed by atoms with Crippen LogP contribution in [0.1, 0.15) is 38.7 Å². The van der Waals surface area contributed by atoms with Crippen LogP contribution in [0.25, 0.3) is 0 Å². The molecule has 114 valence electrons. The van der Waals surface area contributed by atoms with Crippen molar-refractivity contribution < 1.29 is 14.7 Å². The van der Waals surface area contributed by atoms with Gasteiger partial charge in [-0.15, -0.1) is 0 Å². The fourth-order valence-electron chi connectivity index (χ4n) is 2.98. The minimum Gasteiger partial charge on any atom is -0.399 e. The fraction of sp³-hybridized carbons (Fsp3) is 0.500. The molecule has 21 heavy (non-hydrogen) atoms. The number of carbonyl (C=O) groups is 2. The van der Waals surface area contributed by atoms with E-state index in [9.17, 15) is 14.7 Å². The lowest BCUT2D eigenvalue weighted by atomic mass is 9.71. The number of rotatable bonds is 4. The number of amides is 2. The Morgan fingerprint density at radius 3 is 2.48 bits per heavy atom. The minimum atomic E-state index is -0.725. The zero-order valence-electron chi connectivity index (χ0n) is 12.5. The van der Waals surface area contributed by atoms with Gasteiger partial charge in [-0.1, -0.05) is 19.1 Å². The van der Waals surface area contributed by atoms with E-state index < -0.39 is 11.5 Å². The minimum absolute atomic E-state index is 0.0500. The van der Waals surface area contributed by atoms with Gasteiger partial charge < -0.3 is 10.8 Å². The van der Waals surface area contributed by atoms with Gasteiger partial charge in [0.05, 0.1) is 18.1 Å². The zero-order chi connectivity index (χ0) is 15.6. The molecule has 0 bridgehead atoms. The first-order valence-corrected chi connectivity index (χ1v) is 7.29. The normalized spacial score (nSPS) is 24.2. The third kappa shape index (κ3) is 2.78. The van der Waals surface area contributed by atoms with Gasteiger partial charge in [-0.3, -0.25) is 14.5 Å². The van der Waals surface area contributed by atoms with Crippen molar-refractivity contribution in [3.05, 3.63) is 29.8 Å². The molecule has 1 aromatic carbocycles. The predicted octanol–water partition coefficient (Wildman–Crippen LogP) is 1.45. The van der Waals surface area contributed by atoms with Crippen LogP contribution < -0.4 is 5.73 Å². The molecule has 1 aromatic rings. The number of hydrogen-bond donors (Lipinski definition) is 2. The van der Waals surface area contributed by atoms with Gasteiger partial charge in [0.1, 0.15) is 0 Å². The summed E-state index contributed by atoms with van der Waals surface area (Å²) in [4.78, 5) is 26.1. The van der Waals surface area contributed by atoms with Crippen LogP contribution in [0.2, 0.25) is 0 Å². The number of carbonyl (C=O) groups excluding carboxylic acids is 2. The second kappa shape index (κ2) is 5.85. The van der Waals surface area contributed by atoms with Crippen molar-refractivity contribution >= 4 is 17.5 Å². The molecule has 2 unspecified atom stereocenters. The van der Waals surface area contributed by atoms with Gasteiger partial charge in [-0.05, 0) is 37.5 Å². The molecule has 1 fully saturated rings. The summed E-state index contributed by atoms with van der Waals surface area (Å²) in [5.41, 5.74) is 6.54. The Labute approximate surface area is 124 Å². The lowest BCUT2D eigenvalue weighted by Crippen LogP contribution is -2.55. The highest BCUT2D eigenvalue weighted by molar-refractivity contribution is 6.03. The second-order valence-electron chi connectivity index (χ2n) is 5.72. The molecule has 0 radical (unpaired) electrons. The molecule has 3 N–H and O–H groups in total. The molecule has 5 nitrogen and oxygen atoms in total. The van der Waals surface area contributed by atoms with Crippen molar-refractivity contribution in [1.82, 2.24) is 4.90 Å². The van der Waals surface area contributed by atoms with Crippen molar-refractivity contribution in [1.29, 1.82) is 0 Å². The molecule has 1 aliphatic heterocycles. The van der Waals surface area contributed by atoms with Crippen LogP contribution in [0.3, 0.4) is 0 Å². The van der Waals surface area contributed by atoms with E-state index in [2.05, 4.69) is 0 Å². The molecular weight excluding hydrogens is 268 g/mol. The molecule has 1 saturated heterocycles. The number of anilines is 1. The average molecular weight is 290 g/mol. The van der Waals surface area contributed by atoms with E-state index in [1.54, 1.807) is 19.1 Å². The molecule has 1 heterocycles. The molecule has 2 atom stereocenters. The molecule has 0 saturated carbocycles. The van der Waals surface area contributed by atoms with E-state index in [-0.39, 0.29) is 18.4 Å². The van der Waals surface area contributed by atoms with Gasteiger partial charge in [0.25, 0.3) is 0 Å². The quantitative estimate of drug-likeness (QED) is 0.649. The molecule has 0 aromatic heterocycles. The number of aliphatic hydroxyl groups is 1. The Balaban J connectivity index is 2.40. The number of aliphatic hydroxyl groups excluding tert-OH is 1. The molecule has 5 heteroatoms. The van der Waals surface area contributed by atoms with Gasteiger partial charge in [0, 0.05) is 12.1 Å². The van der Waals surface area contributed by atoms with E-state index in [1.807, 2.05) is 19.1 Å². The van der Waals surface area contributed by atoms with Gasteiger partial charge >= 0.3 is 0 Å². The Hall–Kier alpha value is -1.88. The topological polar surface area (TPSA) is 83.6 Å². The number of likely N-dealkylation sites (tertiary alicyclic amines) is 1. The summed E-state index contributed by atoms with van der Waals surface area (Å²) >= 11 is 0. The van der Waals surface area contributed by atoms with E-state index in [4.69, 9.17) is 5.73 Å². The fourth-order valence-corrected chi connectivity index (χ4v) is 2.98. The van der Waals surface area contributed by atoms with Gasteiger partial charge in [-0.2, -0.15) is 0 Å². The maximum Gasteiger partial charge on any atom is 0.239 e. The van der Waals surface area contributed by atoms with E-state index in [0.29, 0.717) is 24.9 Å². The first-order valence-electron chi connectivity index (χ1n) is 7.29. The van der Waals surface area contributed by atoms with Crippen molar-refractivity contribution in [3.8, 4) is 0 Å². The summed E-state index contributed by atoms with van der Waals surface area (Å²) in [6, 6.07) is 7.26. The van der Waals surface area contributed by atoms with Crippen LogP contribution >= 0.6 is 0 Å². The summed E-state index contributed by atoms with van der Waals surface area (Å²) in [5, 5.41) is 9.53. The summed E-state index contributed by atoms with van der Waals surface area (Å²) in [7, 11) is 0. The molecular formula is C16H22N2O3. The van der Waals surface area contributed by atoms with E-state index in [0.717, 1.165) is 5.56 Å². The number of hydrogen-bond acceptors (Lipinski definition) is 4. The SMILES string of the molecule is CCC1(c2ccc(N)cc2)CCC(=O)N(CC(C)O)C1=O. The van der Waals surface area contributed by atoms with Gasteiger partial charge in [0.2, 0.25) is 11.8 Å². The summed E-state index contributed by atoms with van der Waals surface area (Å²) in [6.45, 7) is 3.57. The van der Waals surface area contributed by atoms with Crippen LogP contribution in [-0.4, -0.2) is 34.5 Å². The Morgan fingerprint density at radius 2 is 1.95 bits per heavy atom. The van der Waals surface area contributed by atoms with Crippen molar-refractivity contribution in [2.24, 2.45) is 0 Å². The molecule has 2 amide bonds. The smallest absolute Gasteiger partial charge is 0.239 e. The third-order valence-corrected chi connectivity index (χ3v) is 4.23. The summed E-state index contributed by atoms with van der Waals surface area (Å²) < 4.78 is 0. The first kappa shape index (κ1) is 15.5. The van der Waals surface area contributed by atoms with Crippen LogP contribution in [0, 0.1) is 0 Å². The maximum absolute atomic E-state index is 12.9. The first-order chi connectivity index (χ1) is 9.90. The standard InChI is InChI=1S/C16H22N2O3/c1-3-16(12-4-6-13(17)7-5-12)9-8-14(20)18(15(16)21)10-11(2)19/h4-7,11,19H,3,8-10,17H2,1-2H3. The molecule has 0 spiro atoms. The second-order valence-corrected chi connectivity index (χ2v) is 5.72. The Morgan fingerprint density at radius 1 is 1.33 bits per heavy atom. The highest BCUT2D eigenvalue weighted by atomic mass is 16.3. The maximum atomic E-state index is 12.9. The zero-order valence-corrected chi connectivity index (χ0v) is 12.5. The van der Waals surface area contributed by atoms with Crippen molar-refractivity contribution in [3.63, 3.8) is 0 Å². The van der Waals surface area contributed by atoms with Crippen molar-refractivity contribution in [2.75, 3.05) is 12.3 Å². The summed E-state index contributed by atoms with van der Waals surface area (Å²) in [5.74, 6) is -0.424. The number of β-amino-alcohol motifs (C(OH)–C–C–N with tert-alkyl or cyclic N) is 1. The van der Waals surface area contributed by atoms with Gasteiger partial charge in [-0.25, -0.2) is 0 Å².